The third-order valence-electron chi connectivity index (χ3n) is 1.74. The maximum absolute atomic E-state index is 11.4. The van der Waals surface area contributed by atoms with Gasteiger partial charge in [0.25, 0.3) is 0 Å². The molecular weight excluding hydrogens is 226 g/mol. The molecule has 0 saturated heterocycles. The lowest BCUT2D eigenvalue weighted by atomic mass is 10.1. The zero-order valence-corrected chi connectivity index (χ0v) is 10.6. The first-order valence-electron chi connectivity index (χ1n) is 5.31. The SMILES string of the molecule is CCOCc1nnc(NC(=O)CC(C)C)s1. The quantitative estimate of drug-likeness (QED) is 0.830. The summed E-state index contributed by atoms with van der Waals surface area (Å²) in [5.41, 5.74) is 0. The molecule has 0 unspecified atom stereocenters. The maximum atomic E-state index is 11.4. The first kappa shape index (κ1) is 13.1. The van der Waals surface area contributed by atoms with E-state index in [1.54, 1.807) is 0 Å². The predicted octanol–water partition coefficient (Wildman–Crippen LogP) is 2.06. The van der Waals surface area contributed by atoms with E-state index in [4.69, 9.17) is 4.74 Å². The van der Waals surface area contributed by atoms with Crippen molar-refractivity contribution in [2.45, 2.75) is 33.8 Å². The molecule has 0 bridgehead atoms. The van der Waals surface area contributed by atoms with Crippen molar-refractivity contribution in [3.8, 4) is 0 Å². The van der Waals surface area contributed by atoms with E-state index in [0.29, 0.717) is 30.7 Å². The molecule has 6 heteroatoms. The van der Waals surface area contributed by atoms with Gasteiger partial charge in [-0.15, -0.1) is 10.2 Å². The number of ether oxygens (including phenoxy) is 1. The Kier molecular flexibility index (Phi) is 5.34. The molecule has 5 nitrogen and oxygen atoms in total. The Morgan fingerprint density at radius 2 is 2.25 bits per heavy atom. The lowest BCUT2D eigenvalue weighted by Crippen LogP contribution is -2.13. The third-order valence-corrected chi connectivity index (χ3v) is 2.55. The molecule has 1 N–H and O–H groups in total. The van der Waals surface area contributed by atoms with Crippen molar-refractivity contribution in [2.24, 2.45) is 5.92 Å². The van der Waals surface area contributed by atoms with E-state index in [-0.39, 0.29) is 5.91 Å². The Morgan fingerprint density at radius 3 is 2.88 bits per heavy atom. The summed E-state index contributed by atoms with van der Waals surface area (Å²) in [6.07, 6.45) is 0.500. The van der Waals surface area contributed by atoms with E-state index >= 15 is 0 Å². The topological polar surface area (TPSA) is 64.1 Å². The fourth-order valence-corrected chi connectivity index (χ4v) is 1.79. The summed E-state index contributed by atoms with van der Waals surface area (Å²) < 4.78 is 5.20. The number of rotatable bonds is 6. The number of hydrogen-bond donors (Lipinski definition) is 1. The van der Waals surface area contributed by atoms with Crippen molar-refractivity contribution < 1.29 is 9.53 Å². The van der Waals surface area contributed by atoms with Crippen LogP contribution < -0.4 is 5.32 Å². The van der Waals surface area contributed by atoms with Crippen LogP contribution in [0.2, 0.25) is 0 Å². The first-order valence-corrected chi connectivity index (χ1v) is 6.13. The summed E-state index contributed by atoms with van der Waals surface area (Å²) in [5.74, 6) is 0.324. The van der Waals surface area contributed by atoms with Crippen molar-refractivity contribution in [2.75, 3.05) is 11.9 Å². The van der Waals surface area contributed by atoms with Crippen LogP contribution >= 0.6 is 11.3 Å². The molecule has 1 rings (SSSR count). The van der Waals surface area contributed by atoms with Gasteiger partial charge in [0.15, 0.2) is 0 Å². The number of carbonyl (C=O) groups excluding carboxylic acids is 1. The number of anilines is 1. The van der Waals surface area contributed by atoms with Crippen LogP contribution in [-0.4, -0.2) is 22.7 Å². The van der Waals surface area contributed by atoms with Crippen molar-refractivity contribution in [1.29, 1.82) is 0 Å². The minimum absolute atomic E-state index is 0.0193. The van der Waals surface area contributed by atoms with Gasteiger partial charge in [-0.25, -0.2) is 0 Å². The zero-order valence-electron chi connectivity index (χ0n) is 9.82. The molecule has 16 heavy (non-hydrogen) atoms. The van der Waals surface area contributed by atoms with E-state index in [0.717, 1.165) is 5.01 Å². The summed E-state index contributed by atoms with van der Waals surface area (Å²) >= 11 is 1.35. The Hall–Kier alpha value is -1.01. The highest BCUT2D eigenvalue weighted by Gasteiger charge is 2.09. The molecule has 0 aliphatic carbocycles. The molecule has 0 radical (unpaired) electrons. The van der Waals surface area contributed by atoms with E-state index in [1.165, 1.54) is 11.3 Å². The highest BCUT2D eigenvalue weighted by atomic mass is 32.1. The van der Waals surface area contributed by atoms with Crippen molar-refractivity contribution in [3.05, 3.63) is 5.01 Å². The van der Waals surface area contributed by atoms with Gasteiger partial charge in [-0.05, 0) is 12.8 Å². The Bertz CT molecular complexity index is 339. The van der Waals surface area contributed by atoms with Crippen LogP contribution in [0.3, 0.4) is 0 Å². The van der Waals surface area contributed by atoms with Crippen LogP contribution in [0.15, 0.2) is 0 Å². The molecule has 1 heterocycles. The second-order valence-corrected chi connectivity index (χ2v) is 4.85. The number of amides is 1. The molecule has 1 aromatic heterocycles. The van der Waals surface area contributed by atoms with Crippen molar-refractivity contribution >= 4 is 22.4 Å². The molecular formula is C10H17N3O2S. The normalized spacial score (nSPS) is 10.8. The van der Waals surface area contributed by atoms with Gasteiger partial charge in [-0.3, -0.25) is 4.79 Å². The minimum Gasteiger partial charge on any atom is -0.374 e. The average molecular weight is 243 g/mol. The molecule has 0 spiro atoms. The summed E-state index contributed by atoms with van der Waals surface area (Å²) in [7, 11) is 0. The number of carbonyl (C=O) groups is 1. The van der Waals surface area contributed by atoms with Gasteiger partial charge in [-0.2, -0.15) is 0 Å². The maximum Gasteiger partial charge on any atom is 0.226 e. The minimum atomic E-state index is -0.0193. The Labute approximate surface area is 99.2 Å². The molecule has 0 aliphatic rings. The van der Waals surface area contributed by atoms with E-state index < -0.39 is 0 Å². The smallest absolute Gasteiger partial charge is 0.226 e. The van der Waals surface area contributed by atoms with Gasteiger partial charge in [0.2, 0.25) is 11.0 Å². The Morgan fingerprint density at radius 1 is 1.50 bits per heavy atom. The van der Waals surface area contributed by atoms with Gasteiger partial charge < -0.3 is 10.1 Å². The van der Waals surface area contributed by atoms with Gasteiger partial charge in [0.05, 0.1) is 0 Å². The van der Waals surface area contributed by atoms with Crippen LogP contribution in [0.1, 0.15) is 32.2 Å². The average Bonchev–Trinajstić information content (AvgIpc) is 2.61. The van der Waals surface area contributed by atoms with E-state index in [9.17, 15) is 4.79 Å². The monoisotopic (exact) mass is 243 g/mol. The number of hydrogen-bond acceptors (Lipinski definition) is 5. The molecule has 0 aromatic carbocycles. The number of aromatic nitrogens is 2. The molecule has 0 saturated carbocycles. The second kappa shape index (κ2) is 6.55. The Balaban J connectivity index is 2.42. The lowest BCUT2D eigenvalue weighted by molar-refractivity contribution is -0.116. The predicted molar refractivity (Wildman–Crippen MR) is 63.3 cm³/mol. The third kappa shape index (κ3) is 4.67. The molecule has 1 amide bonds. The second-order valence-electron chi connectivity index (χ2n) is 3.78. The van der Waals surface area contributed by atoms with Crippen LogP contribution in [0.25, 0.3) is 0 Å². The summed E-state index contributed by atoms with van der Waals surface area (Å²) in [6.45, 7) is 7.02. The lowest BCUT2D eigenvalue weighted by Gasteiger charge is -2.02. The van der Waals surface area contributed by atoms with Gasteiger partial charge >= 0.3 is 0 Å². The van der Waals surface area contributed by atoms with Crippen LogP contribution in [0.5, 0.6) is 0 Å². The van der Waals surface area contributed by atoms with Gasteiger partial charge in [-0.1, -0.05) is 25.2 Å². The summed E-state index contributed by atoms with van der Waals surface area (Å²) in [5, 5.41) is 11.8. The zero-order chi connectivity index (χ0) is 12.0. The summed E-state index contributed by atoms with van der Waals surface area (Å²) in [4.78, 5) is 11.4. The van der Waals surface area contributed by atoms with Crippen molar-refractivity contribution in [3.63, 3.8) is 0 Å². The molecule has 0 fully saturated rings. The molecule has 90 valence electrons. The largest absolute Gasteiger partial charge is 0.374 e. The van der Waals surface area contributed by atoms with Gasteiger partial charge in [0, 0.05) is 13.0 Å². The van der Waals surface area contributed by atoms with Crippen LogP contribution in [0, 0.1) is 5.92 Å². The van der Waals surface area contributed by atoms with E-state index in [1.807, 2.05) is 20.8 Å². The van der Waals surface area contributed by atoms with E-state index in [2.05, 4.69) is 15.5 Å². The first-order chi connectivity index (χ1) is 7.61. The highest BCUT2D eigenvalue weighted by Crippen LogP contribution is 2.16. The van der Waals surface area contributed by atoms with Crippen LogP contribution in [-0.2, 0) is 16.1 Å². The molecule has 0 atom stereocenters. The number of nitrogens with zero attached hydrogens (tertiary/aromatic N) is 2. The molecule has 1 aromatic rings. The highest BCUT2D eigenvalue weighted by molar-refractivity contribution is 7.15. The summed E-state index contributed by atoms with van der Waals surface area (Å²) in [6, 6.07) is 0. The fraction of sp³-hybridized carbons (Fsp3) is 0.700. The fourth-order valence-electron chi connectivity index (χ4n) is 1.09. The number of nitrogens with one attached hydrogen (secondary N) is 1. The van der Waals surface area contributed by atoms with Crippen LogP contribution in [0.4, 0.5) is 5.13 Å². The van der Waals surface area contributed by atoms with Crippen molar-refractivity contribution in [1.82, 2.24) is 10.2 Å². The van der Waals surface area contributed by atoms with Gasteiger partial charge in [0.1, 0.15) is 11.6 Å². The standard InChI is InChI=1S/C10H17N3O2S/c1-4-15-6-9-12-13-10(16-9)11-8(14)5-7(2)3/h7H,4-6H2,1-3H3,(H,11,13,14). The molecule has 0 aliphatic heterocycles.